The van der Waals surface area contributed by atoms with Crippen LogP contribution in [0.1, 0.15) is 42.3 Å². The normalized spacial score (nSPS) is 12.5. The van der Waals surface area contributed by atoms with Gasteiger partial charge in [-0.05, 0) is 37.1 Å². The van der Waals surface area contributed by atoms with Gasteiger partial charge in [0.05, 0.1) is 16.6 Å². The first-order valence-electron chi connectivity index (χ1n) is 9.09. The van der Waals surface area contributed by atoms with Crippen molar-refractivity contribution in [3.05, 3.63) is 65.5 Å². The average molecular weight is 408 g/mol. The van der Waals surface area contributed by atoms with Crippen LogP contribution in [0.5, 0.6) is 0 Å². The van der Waals surface area contributed by atoms with Gasteiger partial charge in [0.25, 0.3) is 5.91 Å². The van der Waals surface area contributed by atoms with Crippen molar-refractivity contribution in [2.75, 3.05) is 19.7 Å². The molecule has 1 amide bonds. The quantitative estimate of drug-likeness (QED) is 0.592. The predicted octanol–water partition coefficient (Wildman–Crippen LogP) is 3.02. The predicted molar refractivity (Wildman–Crippen MR) is 105 cm³/mol. The van der Waals surface area contributed by atoms with Crippen molar-refractivity contribution in [1.29, 1.82) is 0 Å². The molecule has 28 heavy (non-hydrogen) atoms. The van der Waals surface area contributed by atoms with Gasteiger partial charge in [-0.1, -0.05) is 37.3 Å². The van der Waals surface area contributed by atoms with Crippen LogP contribution < -0.4 is 10.0 Å². The topological polar surface area (TPSA) is 84.5 Å². The molecule has 1 unspecified atom stereocenters. The zero-order valence-electron chi connectivity index (χ0n) is 15.9. The molecule has 0 spiro atoms. The molecule has 0 aliphatic rings. The van der Waals surface area contributed by atoms with E-state index in [9.17, 15) is 17.6 Å². The molecule has 2 N–H and O–H groups in total. The summed E-state index contributed by atoms with van der Waals surface area (Å²) >= 11 is 0. The van der Waals surface area contributed by atoms with E-state index in [1.165, 1.54) is 0 Å². The highest BCUT2D eigenvalue weighted by Crippen LogP contribution is 2.16. The fraction of sp³-hybridized carbons (Fsp3) is 0.350. The van der Waals surface area contributed by atoms with E-state index >= 15 is 0 Å². The Morgan fingerprint density at radius 2 is 1.89 bits per heavy atom. The molecule has 0 saturated carbocycles. The number of nitrogens with one attached hydrogen (secondary N) is 2. The molecule has 0 aliphatic carbocycles. The Bertz CT molecular complexity index is 888. The number of rotatable bonds is 10. The summed E-state index contributed by atoms with van der Waals surface area (Å²) in [5.41, 5.74) is 0.755. The molecule has 0 radical (unpaired) electrons. The van der Waals surface area contributed by atoms with Crippen molar-refractivity contribution in [2.24, 2.45) is 0 Å². The second-order valence-corrected chi connectivity index (χ2v) is 7.94. The van der Waals surface area contributed by atoms with Crippen LogP contribution >= 0.6 is 0 Å². The molecular formula is C20H25FN2O4S. The fourth-order valence-electron chi connectivity index (χ4n) is 2.57. The van der Waals surface area contributed by atoms with Gasteiger partial charge in [0.2, 0.25) is 10.0 Å². The van der Waals surface area contributed by atoms with Crippen molar-refractivity contribution in [1.82, 2.24) is 10.0 Å². The first-order chi connectivity index (χ1) is 13.3. The maximum atomic E-state index is 14.0. The van der Waals surface area contributed by atoms with Crippen LogP contribution in [0.15, 0.2) is 53.4 Å². The number of carbonyl (C=O) groups is 1. The van der Waals surface area contributed by atoms with Gasteiger partial charge >= 0.3 is 0 Å². The van der Waals surface area contributed by atoms with Crippen LogP contribution in [-0.2, 0) is 14.8 Å². The van der Waals surface area contributed by atoms with Crippen molar-refractivity contribution in [3.63, 3.8) is 0 Å². The van der Waals surface area contributed by atoms with Gasteiger partial charge in [-0.15, -0.1) is 0 Å². The van der Waals surface area contributed by atoms with E-state index in [1.54, 1.807) is 6.92 Å². The molecule has 0 bridgehead atoms. The van der Waals surface area contributed by atoms with Crippen LogP contribution in [-0.4, -0.2) is 34.0 Å². The molecule has 0 aliphatic heterocycles. The Morgan fingerprint density at radius 3 is 2.57 bits per heavy atom. The second-order valence-electron chi connectivity index (χ2n) is 6.18. The maximum absolute atomic E-state index is 14.0. The highest BCUT2D eigenvalue weighted by molar-refractivity contribution is 7.89. The lowest BCUT2D eigenvalue weighted by molar-refractivity contribution is 0.0634. The lowest BCUT2D eigenvalue weighted by Gasteiger charge is -2.13. The van der Waals surface area contributed by atoms with Gasteiger partial charge in [0, 0.05) is 19.7 Å². The van der Waals surface area contributed by atoms with Gasteiger partial charge in [-0.2, -0.15) is 0 Å². The number of hydrogen-bond acceptors (Lipinski definition) is 4. The standard InChI is InChI=1S/C20H25FN2O4S/c1-3-23-28(25,26)17-10-11-19(21)18(14-17)20(24)22-12-7-13-27-15(2)16-8-5-4-6-9-16/h4-6,8-11,14-15,23H,3,7,12-13H2,1-2H3,(H,22,24). The number of halogens is 1. The van der Waals surface area contributed by atoms with Crippen molar-refractivity contribution < 1.29 is 22.3 Å². The van der Waals surface area contributed by atoms with Crippen molar-refractivity contribution in [2.45, 2.75) is 31.3 Å². The highest BCUT2D eigenvalue weighted by atomic mass is 32.2. The summed E-state index contributed by atoms with van der Waals surface area (Å²) in [6.07, 6.45) is 0.474. The van der Waals surface area contributed by atoms with Crippen LogP contribution in [0.25, 0.3) is 0 Å². The summed E-state index contributed by atoms with van der Waals surface area (Å²) in [6.45, 7) is 4.48. The Morgan fingerprint density at radius 1 is 1.18 bits per heavy atom. The van der Waals surface area contributed by atoms with E-state index in [4.69, 9.17) is 4.74 Å². The van der Waals surface area contributed by atoms with Crippen LogP contribution in [0, 0.1) is 5.82 Å². The summed E-state index contributed by atoms with van der Waals surface area (Å²) in [7, 11) is -3.76. The minimum atomic E-state index is -3.76. The summed E-state index contributed by atoms with van der Waals surface area (Å²) < 4.78 is 46.0. The third kappa shape index (κ3) is 6.12. The minimum absolute atomic E-state index is 0.0673. The third-order valence-electron chi connectivity index (χ3n) is 4.07. The van der Waals surface area contributed by atoms with E-state index in [0.717, 1.165) is 23.8 Å². The molecule has 0 saturated heterocycles. The number of amides is 1. The largest absolute Gasteiger partial charge is 0.374 e. The number of sulfonamides is 1. The van der Waals surface area contributed by atoms with Crippen LogP contribution in [0.3, 0.4) is 0 Å². The second kappa shape index (κ2) is 10.3. The Labute approximate surface area is 165 Å². The highest BCUT2D eigenvalue weighted by Gasteiger charge is 2.18. The molecule has 152 valence electrons. The summed E-state index contributed by atoms with van der Waals surface area (Å²) in [4.78, 5) is 12.1. The van der Waals surface area contributed by atoms with Crippen molar-refractivity contribution in [3.8, 4) is 0 Å². The molecule has 2 rings (SSSR count). The first kappa shape index (κ1) is 22.0. The zero-order chi connectivity index (χ0) is 20.6. The lowest BCUT2D eigenvalue weighted by Crippen LogP contribution is -2.27. The van der Waals surface area contributed by atoms with Crippen LogP contribution in [0.2, 0.25) is 0 Å². The van der Waals surface area contributed by atoms with Gasteiger partial charge in [-0.3, -0.25) is 4.79 Å². The van der Waals surface area contributed by atoms with E-state index in [1.807, 2.05) is 37.3 Å². The Kier molecular flexibility index (Phi) is 8.10. The summed E-state index contributed by atoms with van der Waals surface area (Å²) in [6, 6.07) is 12.9. The number of benzene rings is 2. The molecule has 1 atom stereocenters. The molecule has 0 aromatic heterocycles. The SMILES string of the molecule is CCNS(=O)(=O)c1ccc(F)c(C(=O)NCCCOC(C)c2ccccc2)c1. The molecule has 8 heteroatoms. The van der Waals surface area contributed by atoms with Gasteiger partial charge < -0.3 is 10.1 Å². The van der Waals surface area contributed by atoms with E-state index in [0.29, 0.717) is 13.0 Å². The number of carbonyl (C=O) groups excluding carboxylic acids is 1. The Hall–Kier alpha value is -2.29. The third-order valence-corrected chi connectivity index (χ3v) is 5.61. The fourth-order valence-corrected chi connectivity index (χ4v) is 3.64. The molecule has 0 fully saturated rings. The smallest absolute Gasteiger partial charge is 0.254 e. The molecule has 2 aromatic carbocycles. The summed E-state index contributed by atoms with van der Waals surface area (Å²) in [5, 5.41) is 2.59. The lowest BCUT2D eigenvalue weighted by atomic mass is 10.1. The summed E-state index contributed by atoms with van der Waals surface area (Å²) in [5.74, 6) is -1.44. The van der Waals surface area contributed by atoms with Crippen molar-refractivity contribution >= 4 is 15.9 Å². The van der Waals surface area contributed by atoms with E-state index < -0.39 is 21.7 Å². The molecular weight excluding hydrogens is 383 g/mol. The van der Waals surface area contributed by atoms with E-state index in [-0.39, 0.29) is 29.7 Å². The van der Waals surface area contributed by atoms with Gasteiger partial charge in [0.1, 0.15) is 5.82 Å². The maximum Gasteiger partial charge on any atom is 0.254 e. The zero-order valence-corrected chi connectivity index (χ0v) is 16.8. The molecule has 0 heterocycles. The number of hydrogen-bond donors (Lipinski definition) is 2. The molecule has 2 aromatic rings. The number of ether oxygens (including phenoxy) is 1. The Balaban J connectivity index is 1.86. The van der Waals surface area contributed by atoms with Crippen LogP contribution in [0.4, 0.5) is 4.39 Å². The van der Waals surface area contributed by atoms with E-state index in [2.05, 4.69) is 10.0 Å². The average Bonchev–Trinajstić information content (AvgIpc) is 2.68. The van der Waals surface area contributed by atoms with Gasteiger partial charge in [0.15, 0.2) is 0 Å². The van der Waals surface area contributed by atoms with Gasteiger partial charge in [-0.25, -0.2) is 17.5 Å². The first-order valence-corrected chi connectivity index (χ1v) is 10.6. The minimum Gasteiger partial charge on any atom is -0.374 e. The monoisotopic (exact) mass is 408 g/mol. The molecule has 6 nitrogen and oxygen atoms in total.